The fourth-order valence-corrected chi connectivity index (χ4v) is 2.46. The molecule has 0 fully saturated rings. The lowest BCUT2D eigenvalue weighted by atomic mass is 10.2. The maximum Gasteiger partial charge on any atom is 0.124 e. The van der Waals surface area contributed by atoms with Gasteiger partial charge in [-0.1, -0.05) is 24.8 Å². The lowest BCUT2D eigenvalue weighted by molar-refractivity contribution is 0.617. The van der Waals surface area contributed by atoms with Crippen LogP contribution in [0.4, 0.5) is 4.39 Å². The third-order valence-electron chi connectivity index (χ3n) is 2.37. The average molecular weight is 262 g/mol. The molecule has 0 unspecified atom stereocenters. The minimum Gasteiger partial charge on any atom is -0.313 e. The molecule has 1 heterocycles. The molecule has 2 aromatic rings. The highest BCUT2D eigenvalue weighted by Crippen LogP contribution is 2.27. The van der Waals surface area contributed by atoms with E-state index in [9.17, 15) is 4.39 Å². The molecule has 4 heteroatoms. The second-order valence-electron chi connectivity index (χ2n) is 3.85. The van der Waals surface area contributed by atoms with Crippen molar-refractivity contribution in [3.05, 3.63) is 54.0 Å². The van der Waals surface area contributed by atoms with Crippen LogP contribution in [-0.4, -0.2) is 11.5 Å². The topological polar surface area (TPSA) is 24.9 Å². The third kappa shape index (κ3) is 3.82. The zero-order valence-corrected chi connectivity index (χ0v) is 11.0. The third-order valence-corrected chi connectivity index (χ3v) is 3.29. The van der Waals surface area contributed by atoms with Crippen LogP contribution in [0.5, 0.6) is 0 Å². The molecule has 2 rings (SSSR count). The number of nitrogens with zero attached hydrogens (tertiary/aromatic N) is 1. The Balaban J connectivity index is 2.15. The molecule has 0 saturated heterocycles. The first-order chi connectivity index (χ1) is 8.78. The second kappa shape index (κ2) is 6.52. The number of nitrogens with one attached hydrogen (secondary N) is 1. The SMILES string of the molecule is CCNCc1cc(F)cc(Sc2ccccn2)c1. The van der Waals surface area contributed by atoms with E-state index in [-0.39, 0.29) is 5.82 Å². The molecule has 0 spiro atoms. The summed E-state index contributed by atoms with van der Waals surface area (Å²) in [5, 5.41) is 4.06. The molecule has 0 aliphatic carbocycles. The number of hydrogen-bond donors (Lipinski definition) is 1. The average Bonchev–Trinajstić information content (AvgIpc) is 2.37. The molecular weight excluding hydrogens is 247 g/mol. The van der Waals surface area contributed by atoms with Gasteiger partial charge in [-0.25, -0.2) is 9.37 Å². The van der Waals surface area contributed by atoms with Gasteiger partial charge in [-0.05, 0) is 42.4 Å². The van der Waals surface area contributed by atoms with Crippen molar-refractivity contribution in [2.24, 2.45) is 0 Å². The lowest BCUT2D eigenvalue weighted by Gasteiger charge is -2.06. The number of pyridine rings is 1. The summed E-state index contributed by atoms with van der Waals surface area (Å²) in [6, 6.07) is 10.8. The molecule has 0 aliphatic heterocycles. The van der Waals surface area contributed by atoms with Crippen LogP contribution >= 0.6 is 11.8 Å². The Kier molecular flexibility index (Phi) is 4.73. The molecule has 0 radical (unpaired) electrons. The van der Waals surface area contributed by atoms with Crippen LogP contribution in [0.2, 0.25) is 0 Å². The summed E-state index contributed by atoms with van der Waals surface area (Å²) < 4.78 is 13.5. The van der Waals surface area contributed by atoms with Crippen molar-refractivity contribution in [1.29, 1.82) is 0 Å². The quantitative estimate of drug-likeness (QED) is 0.893. The van der Waals surface area contributed by atoms with Crippen LogP contribution in [0.25, 0.3) is 0 Å². The largest absolute Gasteiger partial charge is 0.313 e. The van der Waals surface area contributed by atoms with Crippen LogP contribution in [0.15, 0.2) is 52.5 Å². The molecule has 0 bridgehead atoms. The van der Waals surface area contributed by atoms with Crippen molar-refractivity contribution in [2.45, 2.75) is 23.4 Å². The van der Waals surface area contributed by atoms with E-state index in [2.05, 4.69) is 10.3 Å². The van der Waals surface area contributed by atoms with Crippen molar-refractivity contribution in [3.8, 4) is 0 Å². The van der Waals surface area contributed by atoms with E-state index < -0.39 is 0 Å². The Morgan fingerprint density at radius 2 is 2.17 bits per heavy atom. The molecule has 0 amide bonds. The summed E-state index contributed by atoms with van der Waals surface area (Å²) in [7, 11) is 0. The lowest BCUT2D eigenvalue weighted by Crippen LogP contribution is -2.11. The Bertz CT molecular complexity index is 502. The zero-order chi connectivity index (χ0) is 12.8. The summed E-state index contributed by atoms with van der Waals surface area (Å²) in [5.74, 6) is -0.205. The van der Waals surface area contributed by atoms with Crippen molar-refractivity contribution in [1.82, 2.24) is 10.3 Å². The van der Waals surface area contributed by atoms with Crippen LogP contribution in [0.1, 0.15) is 12.5 Å². The van der Waals surface area contributed by atoms with Crippen molar-refractivity contribution in [2.75, 3.05) is 6.54 Å². The first-order valence-corrected chi connectivity index (χ1v) is 6.68. The molecule has 1 aromatic carbocycles. The van der Waals surface area contributed by atoms with E-state index in [0.717, 1.165) is 22.0 Å². The molecule has 0 saturated carbocycles. The minimum atomic E-state index is -0.205. The number of hydrogen-bond acceptors (Lipinski definition) is 3. The van der Waals surface area contributed by atoms with Crippen LogP contribution in [-0.2, 0) is 6.54 Å². The number of benzene rings is 1. The number of halogens is 1. The van der Waals surface area contributed by atoms with Crippen molar-refractivity contribution < 1.29 is 4.39 Å². The van der Waals surface area contributed by atoms with E-state index in [0.29, 0.717) is 6.54 Å². The van der Waals surface area contributed by atoms with Crippen LogP contribution in [0, 0.1) is 5.82 Å². The number of rotatable bonds is 5. The van der Waals surface area contributed by atoms with Gasteiger partial charge in [0.2, 0.25) is 0 Å². The first-order valence-electron chi connectivity index (χ1n) is 5.87. The highest BCUT2D eigenvalue weighted by molar-refractivity contribution is 7.99. The monoisotopic (exact) mass is 262 g/mol. The van der Waals surface area contributed by atoms with Gasteiger partial charge in [-0.2, -0.15) is 0 Å². The Hall–Kier alpha value is -1.39. The van der Waals surface area contributed by atoms with Crippen molar-refractivity contribution >= 4 is 11.8 Å². The smallest absolute Gasteiger partial charge is 0.124 e. The number of aromatic nitrogens is 1. The van der Waals surface area contributed by atoms with E-state index in [1.165, 1.54) is 17.8 Å². The van der Waals surface area contributed by atoms with Gasteiger partial charge in [0.1, 0.15) is 10.8 Å². The molecule has 0 atom stereocenters. The molecule has 18 heavy (non-hydrogen) atoms. The van der Waals surface area contributed by atoms with Gasteiger partial charge in [0.05, 0.1) is 0 Å². The molecule has 0 aliphatic rings. The molecular formula is C14H15FN2S. The van der Waals surface area contributed by atoms with Gasteiger partial charge < -0.3 is 5.32 Å². The van der Waals surface area contributed by atoms with Crippen LogP contribution < -0.4 is 5.32 Å². The van der Waals surface area contributed by atoms with Gasteiger partial charge >= 0.3 is 0 Å². The second-order valence-corrected chi connectivity index (χ2v) is 4.94. The highest BCUT2D eigenvalue weighted by atomic mass is 32.2. The van der Waals surface area contributed by atoms with E-state index >= 15 is 0 Å². The fraction of sp³-hybridized carbons (Fsp3) is 0.214. The summed E-state index contributed by atoms with van der Waals surface area (Å²) in [4.78, 5) is 5.10. The summed E-state index contributed by atoms with van der Waals surface area (Å²) in [6.07, 6.45) is 1.74. The first kappa shape index (κ1) is 13.1. The van der Waals surface area contributed by atoms with Crippen LogP contribution in [0.3, 0.4) is 0 Å². The van der Waals surface area contributed by atoms with Gasteiger partial charge in [0, 0.05) is 17.6 Å². The Morgan fingerprint density at radius 3 is 2.89 bits per heavy atom. The summed E-state index contributed by atoms with van der Waals surface area (Å²) >= 11 is 1.47. The van der Waals surface area contributed by atoms with E-state index in [1.54, 1.807) is 12.3 Å². The van der Waals surface area contributed by atoms with Gasteiger partial charge in [-0.3, -0.25) is 0 Å². The molecule has 1 aromatic heterocycles. The maximum absolute atomic E-state index is 13.5. The maximum atomic E-state index is 13.5. The Labute approximate surface area is 111 Å². The normalized spacial score (nSPS) is 10.6. The predicted octanol–water partition coefficient (Wildman–Crippen LogP) is 3.48. The molecule has 2 nitrogen and oxygen atoms in total. The standard InChI is InChI=1S/C14H15FN2S/c1-2-16-10-11-7-12(15)9-13(8-11)18-14-5-3-4-6-17-14/h3-9,16H,2,10H2,1H3. The highest BCUT2D eigenvalue weighted by Gasteiger charge is 2.03. The zero-order valence-electron chi connectivity index (χ0n) is 10.2. The Morgan fingerprint density at radius 1 is 1.28 bits per heavy atom. The van der Waals surface area contributed by atoms with E-state index in [1.807, 2.05) is 31.2 Å². The van der Waals surface area contributed by atoms with Gasteiger partial charge in [-0.15, -0.1) is 0 Å². The predicted molar refractivity (Wildman–Crippen MR) is 72.1 cm³/mol. The molecule has 94 valence electrons. The van der Waals surface area contributed by atoms with Gasteiger partial charge in [0.25, 0.3) is 0 Å². The van der Waals surface area contributed by atoms with Gasteiger partial charge in [0.15, 0.2) is 0 Å². The summed E-state index contributed by atoms with van der Waals surface area (Å²) in [5.41, 5.74) is 0.954. The van der Waals surface area contributed by atoms with Crippen molar-refractivity contribution in [3.63, 3.8) is 0 Å². The summed E-state index contributed by atoms with van der Waals surface area (Å²) in [6.45, 7) is 3.59. The fourth-order valence-electron chi connectivity index (χ4n) is 1.58. The van der Waals surface area contributed by atoms with E-state index in [4.69, 9.17) is 0 Å². The molecule has 1 N–H and O–H groups in total. The minimum absolute atomic E-state index is 0.205.